The van der Waals surface area contributed by atoms with Crippen LogP contribution < -0.4 is 0 Å². The lowest BCUT2D eigenvalue weighted by atomic mass is 10.1. The predicted octanol–water partition coefficient (Wildman–Crippen LogP) is 4.27. The topological polar surface area (TPSA) is 43.4 Å². The summed E-state index contributed by atoms with van der Waals surface area (Å²) in [7, 11) is -3.28. The van der Waals surface area contributed by atoms with Crippen molar-refractivity contribution in [3.05, 3.63) is 0 Å². The smallest absolute Gasteiger partial charge is 0.264 e. The van der Waals surface area contributed by atoms with Gasteiger partial charge in [-0.15, -0.1) is 0 Å². The van der Waals surface area contributed by atoms with Crippen LogP contribution in [0.3, 0.4) is 0 Å². The van der Waals surface area contributed by atoms with Gasteiger partial charge in [0.25, 0.3) is 10.1 Å². The number of hydrogen-bond acceptors (Lipinski definition) is 3. The van der Waals surface area contributed by atoms with Crippen LogP contribution in [-0.4, -0.2) is 20.8 Å². The van der Waals surface area contributed by atoms with Crippen molar-refractivity contribution >= 4 is 10.1 Å². The Morgan fingerprint density at radius 1 is 0.889 bits per heavy atom. The first-order valence-electron chi connectivity index (χ1n) is 7.34. The highest BCUT2D eigenvalue weighted by Gasteiger charge is 2.09. The third kappa shape index (κ3) is 14.0. The van der Waals surface area contributed by atoms with E-state index >= 15 is 0 Å². The molecule has 0 spiro atoms. The van der Waals surface area contributed by atoms with Crippen molar-refractivity contribution < 1.29 is 12.6 Å². The molecule has 0 aliphatic rings. The molecule has 0 aliphatic heterocycles. The maximum absolute atomic E-state index is 10.9. The molecule has 0 bridgehead atoms. The van der Waals surface area contributed by atoms with Gasteiger partial charge >= 0.3 is 0 Å². The zero-order valence-electron chi connectivity index (χ0n) is 12.3. The molecule has 1 unspecified atom stereocenters. The van der Waals surface area contributed by atoms with Gasteiger partial charge in [-0.3, -0.25) is 4.18 Å². The number of unbranched alkanes of at least 4 members (excludes halogenated alkanes) is 8. The maximum Gasteiger partial charge on any atom is 0.264 e. The van der Waals surface area contributed by atoms with Crippen LogP contribution in [0.5, 0.6) is 0 Å². The van der Waals surface area contributed by atoms with E-state index < -0.39 is 10.1 Å². The van der Waals surface area contributed by atoms with Gasteiger partial charge in [-0.05, 0) is 13.3 Å². The normalized spacial score (nSPS) is 13.7. The molecular formula is C14H30O3S. The van der Waals surface area contributed by atoms with Crippen LogP contribution in [0.1, 0.15) is 78.1 Å². The van der Waals surface area contributed by atoms with E-state index in [1.54, 1.807) is 0 Å². The van der Waals surface area contributed by atoms with Gasteiger partial charge < -0.3 is 0 Å². The molecule has 0 saturated heterocycles. The molecule has 0 fully saturated rings. The fraction of sp³-hybridized carbons (Fsp3) is 1.00. The van der Waals surface area contributed by atoms with E-state index in [0.29, 0.717) is 0 Å². The Morgan fingerprint density at radius 3 is 1.78 bits per heavy atom. The molecule has 0 amide bonds. The van der Waals surface area contributed by atoms with Gasteiger partial charge in [0.1, 0.15) is 0 Å². The second kappa shape index (κ2) is 10.8. The lowest BCUT2D eigenvalue weighted by Crippen LogP contribution is -2.13. The first kappa shape index (κ1) is 17.9. The molecule has 0 aromatic rings. The van der Waals surface area contributed by atoms with Crippen molar-refractivity contribution in [2.24, 2.45) is 0 Å². The Bertz CT molecular complexity index is 273. The summed E-state index contributed by atoms with van der Waals surface area (Å²) in [5.74, 6) is 0. The summed E-state index contributed by atoms with van der Waals surface area (Å²) in [6.45, 7) is 4.06. The van der Waals surface area contributed by atoms with Crippen LogP contribution >= 0.6 is 0 Å². The summed E-state index contributed by atoms with van der Waals surface area (Å²) in [6.07, 6.45) is 13.3. The molecule has 3 nitrogen and oxygen atoms in total. The fourth-order valence-corrected chi connectivity index (χ4v) is 2.78. The lowest BCUT2D eigenvalue weighted by Gasteiger charge is -2.10. The molecule has 0 saturated carbocycles. The van der Waals surface area contributed by atoms with E-state index in [9.17, 15) is 8.42 Å². The molecular weight excluding hydrogens is 248 g/mol. The van der Waals surface area contributed by atoms with Gasteiger partial charge in [-0.1, -0.05) is 64.7 Å². The van der Waals surface area contributed by atoms with Crippen molar-refractivity contribution in [2.45, 2.75) is 84.2 Å². The second-order valence-corrected chi connectivity index (χ2v) is 6.83. The lowest BCUT2D eigenvalue weighted by molar-refractivity contribution is 0.216. The van der Waals surface area contributed by atoms with Crippen molar-refractivity contribution in [1.29, 1.82) is 0 Å². The summed E-state index contributed by atoms with van der Waals surface area (Å²) in [4.78, 5) is 0. The van der Waals surface area contributed by atoms with Gasteiger partial charge in [-0.2, -0.15) is 8.42 Å². The van der Waals surface area contributed by atoms with E-state index in [0.717, 1.165) is 19.1 Å². The number of rotatable bonds is 12. The molecule has 110 valence electrons. The standard InChI is InChI=1S/C14H30O3S/c1-4-5-6-7-8-9-10-11-12-13-14(2)17-18(3,15)16/h14H,4-13H2,1-3H3. The van der Waals surface area contributed by atoms with E-state index in [1.807, 2.05) is 6.92 Å². The van der Waals surface area contributed by atoms with Crippen molar-refractivity contribution in [3.63, 3.8) is 0 Å². The van der Waals surface area contributed by atoms with Crippen molar-refractivity contribution in [2.75, 3.05) is 6.26 Å². The SMILES string of the molecule is CCCCCCCCCCCC(C)OS(C)(=O)=O. The monoisotopic (exact) mass is 278 g/mol. The van der Waals surface area contributed by atoms with Gasteiger partial charge in [-0.25, -0.2) is 0 Å². The maximum atomic E-state index is 10.9. The first-order chi connectivity index (χ1) is 8.45. The average molecular weight is 278 g/mol. The van der Waals surface area contributed by atoms with Crippen molar-refractivity contribution in [3.8, 4) is 0 Å². The van der Waals surface area contributed by atoms with Crippen LogP contribution in [0.15, 0.2) is 0 Å². The third-order valence-corrected chi connectivity index (χ3v) is 3.73. The minimum Gasteiger partial charge on any atom is -0.267 e. The van der Waals surface area contributed by atoms with E-state index in [1.165, 1.54) is 51.4 Å². The van der Waals surface area contributed by atoms with Crippen LogP contribution in [0, 0.1) is 0 Å². The van der Waals surface area contributed by atoms with Crippen LogP contribution in [0.4, 0.5) is 0 Å². The molecule has 0 heterocycles. The van der Waals surface area contributed by atoms with Gasteiger partial charge in [0.2, 0.25) is 0 Å². The van der Waals surface area contributed by atoms with E-state index in [2.05, 4.69) is 6.92 Å². The highest BCUT2D eigenvalue weighted by molar-refractivity contribution is 7.86. The molecule has 18 heavy (non-hydrogen) atoms. The largest absolute Gasteiger partial charge is 0.267 e. The summed E-state index contributed by atoms with van der Waals surface area (Å²) < 4.78 is 26.6. The van der Waals surface area contributed by atoms with Gasteiger partial charge in [0.05, 0.1) is 12.4 Å². The molecule has 4 heteroatoms. The highest BCUT2D eigenvalue weighted by Crippen LogP contribution is 2.12. The summed E-state index contributed by atoms with van der Waals surface area (Å²) in [6, 6.07) is 0. The molecule has 0 aliphatic carbocycles. The minimum atomic E-state index is -3.28. The Balaban J connectivity index is 3.25. The summed E-state index contributed by atoms with van der Waals surface area (Å²) in [5, 5.41) is 0. The quantitative estimate of drug-likeness (QED) is 0.395. The summed E-state index contributed by atoms with van der Waals surface area (Å²) >= 11 is 0. The van der Waals surface area contributed by atoms with Gasteiger partial charge in [0.15, 0.2) is 0 Å². The van der Waals surface area contributed by atoms with E-state index in [-0.39, 0.29) is 6.10 Å². The molecule has 0 N–H and O–H groups in total. The first-order valence-corrected chi connectivity index (χ1v) is 9.15. The highest BCUT2D eigenvalue weighted by atomic mass is 32.2. The predicted molar refractivity (Wildman–Crippen MR) is 77.2 cm³/mol. The molecule has 0 aromatic carbocycles. The Hall–Kier alpha value is -0.0900. The third-order valence-electron chi connectivity index (χ3n) is 3.05. The Morgan fingerprint density at radius 2 is 1.33 bits per heavy atom. The summed E-state index contributed by atoms with van der Waals surface area (Å²) in [5.41, 5.74) is 0. The number of hydrogen-bond donors (Lipinski definition) is 0. The zero-order chi connectivity index (χ0) is 13.9. The Kier molecular flexibility index (Phi) is 10.7. The van der Waals surface area contributed by atoms with Crippen LogP contribution in [-0.2, 0) is 14.3 Å². The second-order valence-electron chi connectivity index (χ2n) is 5.23. The molecule has 0 rings (SSSR count). The fourth-order valence-electron chi connectivity index (χ4n) is 2.09. The van der Waals surface area contributed by atoms with Crippen LogP contribution in [0.25, 0.3) is 0 Å². The van der Waals surface area contributed by atoms with E-state index in [4.69, 9.17) is 4.18 Å². The van der Waals surface area contributed by atoms with Gasteiger partial charge in [0, 0.05) is 0 Å². The molecule has 0 radical (unpaired) electrons. The average Bonchev–Trinajstić information content (AvgIpc) is 2.24. The minimum absolute atomic E-state index is 0.176. The van der Waals surface area contributed by atoms with Crippen LogP contribution in [0.2, 0.25) is 0 Å². The Labute approximate surface area is 113 Å². The zero-order valence-corrected chi connectivity index (χ0v) is 13.1. The van der Waals surface area contributed by atoms with Crippen molar-refractivity contribution in [1.82, 2.24) is 0 Å². The molecule has 1 atom stereocenters. The molecule has 0 aromatic heterocycles.